The highest BCUT2D eigenvalue weighted by atomic mass is 35.5. The molecular formula is C13H10Cl3NOS. The van der Waals surface area contributed by atoms with E-state index in [1.54, 1.807) is 12.1 Å². The smallest absolute Gasteiger partial charge is 0.254 e. The van der Waals surface area contributed by atoms with Crippen LogP contribution in [0.3, 0.4) is 0 Å². The molecule has 1 aromatic heterocycles. The minimum absolute atomic E-state index is 0.212. The number of nitrogens with one attached hydrogen (secondary N) is 1. The van der Waals surface area contributed by atoms with E-state index >= 15 is 0 Å². The van der Waals surface area contributed by atoms with E-state index < -0.39 is 0 Å². The van der Waals surface area contributed by atoms with Crippen LogP contribution in [0.1, 0.15) is 28.9 Å². The highest BCUT2D eigenvalue weighted by Crippen LogP contribution is 2.31. The third-order valence-corrected chi connectivity index (χ3v) is 4.45. The molecule has 0 radical (unpaired) electrons. The number of thiophene rings is 1. The van der Waals surface area contributed by atoms with Gasteiger partial charge in [0, 0.05) is 5.02 Å². The van der Waals surface area contributed by atoms with Crippen molar-refractivity contribution in [2.45, 2.75) is 13.0 Å². The van der Waals surface area contributed by atoms with Crippen LogP contribution in [0.2, 0.25) is 13.7 Å². The van der Waals surface area contributed by atoms with Crippen LogP contribution in [-0.4, -0.2) is 5.91 Å². The third-order valence-electron chi connectivity index (χ3n) is 2.62. The molecule has 0 aliphatic heterocycles. The number of halogens is 3. The van der Waals surface area contributed by atoms with Gasteiger partial charge in [0.25, 0.3) is 5.91 Å². The molecule has 6 heteroatoms. The largest absolute Gasteiger partial charge is 0.345 e. The Balaban J connectivity index is 2.15. The Kier molecular flexibility index (Phi) is 4.74. The summed E-state index contributed by atoms with van der Waals surface area (Å²) in [5.41, 5.74) is 1.24. The summed E-state index contributed by atoms with van der Waals surface area (Å²) in [7, 11) is 0. The van der Waals surface area contributed by atoms with E-state index in [2.05, 4.69) is 5.32 Å². The van der Waals surface area contributed by atoms with Gasteiger partial charge in [-0.3, -0.25) is 4.79 Å². The van der Waals surface area contributed by atoms with Crippen LogP contribution in [0.5, 0.6) is 0 Å². The Hall–Kier alpha value is -0.740. The van der Waals surface area contributed by atoms with Crippen molar-refractivity contribution in [1.82, 2.24) is 5.32 Å². The van der Waals surface area contributed by atoms with Gasteiger partial charge in [0.1, 0.15) is 4.34 Å². The van der Waals surface area contributed by atoms with Gasteiger partial charge in [-0.05, 0) is 24.6 Å². The van der Waals surface area contributed by atoms with Crippen molar-refractivity contribution in [3.63, 3.8) is 0 Å². The summed E-state index contributed by atoms with van der Waals surface area (Å²) in [4.78, 5) is 12.1. The highest BCUT2D eigenvalue weighted by molar-refractivity contribution is 7.20. The van der Waals surface area contributed by atoms with Crippen molar-refractivity contribution in [2.75, 3.05) is 0 Å². The fourth-order valence-corrected chi connectivity index (χ4v) is 3.43. The van der Waals surface area contributed by atoms with Gasteiger partial charge < -0.3 is 5.32 Å². The molecule has 0 saturated heterocycles. The lowest BCUT2D eigenvalue weighted by molar-refractivity contribution is 0.0940. The van der Waals surface area contributed by atoms with Gasteiger partial charge in [-0.1, -0.05) is 53.0 Å². The first-order chi connectivity index (χ1) is 8.99. The summed E-state index contributed by atoms with van der Waals surface area (Å²) in [6.45, 7) is 1.86. The Morgan fingerprint density at radius 3 is 2.53 bits per heavy atom. The highest BCUT2D eigenvalue weighted by Gasteiger charge is 2.17. The third kappa shape index (κ3) is 3.42. The fraction of sp³-hybridized carbons (Fsp3) is 0.154. The lowest BCUT2D eigenvalue weighted by atomic mass is 10.1. The molecule has 1 amide bonds. The van der Waals surface area contributed by atoms with Crippen molar-refractivity contribution >= 4 is 52.0 Å². The Morgan fingerprint density at radius 2 is 1.95 bits per heavy atom. The summed E-state index contributed by atoms with van der Waals surface area (Å²) in [6, 6.07) is 8.72. The average molecular weight is 335 g/mol. The van der Waals surface area contributed by atoms with Crippen LogP contribution in [0.15, 0.2) is 30.3 Å². The molecule has 0 bridgehead atoms. The van der Waals surface area contributed by atoms with Gasteiger partial charge in [-0.2, -0.15) is 0 Å². The van der Waals surface area contributed by atoms with Crippen LogP contribution in [0.25, 0.3) is 0 Å². The number of carbonyl (C=O) groups excluding carboxylic acids is 1. The van der Waals surface area contributed by atoms with Gasteiger partial charge in [0.2, 0.25) is 0 Å². The summed E-state index contributed by atoms with van der Waals surface area (Å²) >= 11 is 19.0. The quantitative estimate of drug-likeness (QED) is 0.821. The predicted octanol–water partition coefficient (Wildman–Crippen LogP) is 5.20. The first-order valence-corrected chi connectivity index (χ1v) is 7.44. The maximum atomic E-state index is 12.1. The van der Waals surface area contributed by atoms with Crippen LogP contribution in [-0.2, 0) is 0 Å². The molecule has 2 nitrogen and oxygen atoms in total. The molecule has 2 rings (SSSR count). The SMILES string of the molecule is CC(NC(=O)c1cc(Cl)sc1Cl)c1ccccc1Cl. The van der Waals surface area contributed by atoms with E-state index in [1.165, 1.54) is 11.3 Å². The molecule has 100 valence electrons. The zero-order valence-electron chi connectivity index (χ0n) is 9.91. The second kappa shape index (κ2) is 6.14. The lowest BCUT2D eigenvalue weighted by Crippen LogP contribution is -2.26. The van der Waals surface area contributed by atoms with Crippen LogP contribution >= 0.6 is 46.1 Å². The minimum atomic E-state index is -0.263. The molecule has 19 heavy (non-hydrogen) atoms. The second-order valence-electron chi connectivity index (χ2n) is 3.95. The minimum Gasteiger partial charge on any atom is -0.345 e. The number of hydrogen-bond acceptors (Lipinski definition) is 2. The zero-order chi connectivity index (χ0) is 14.0. The Labute approximate surface area is 130 Å². The number of amides is 1. The van der Waals surface area contributed by atoms with Crippen molar-refractivity contribution in [3.8, 4) is 0 Å². The zero-order valence-corrected chi connectivity index (χ0v) is 13.0. The molecular weight excluding hydrogens is 325 g/mol. The lowest BCUT2D eigenvalue weighted by Gasteiger charge is -2.15. The monoisotopic (exact) mass is 333 g/mol. The fourth-order valence-electron chi connectivity index (χ4n) is 1.67. The first kappa shape index (κ1) is 14.7. The summed E-state index contributed by atoms with van der Waals surface area (Å²) in [5.74, 6) is -0.263. The van der Waals surface area contributed by atoms with E-state index in [0.717, 1.165) is 5.56 Å². The second-order valence-corrected chi connectivity index (χ2v) is 6.65. The molecule has 0 fully saturated rings. The Morgan fingerprint density at radius 1 is 1.26 bits per heavy atom. The average Bonchev–Trinajstić information content (AvgIpc) is 2.69. The standard InChI is InChI=1S/C13H10Cl3NOS/c1-7(8-4-2-3-5-10(8)14)17-13(18)9-6-11(15)19-12(9)16/h2-7H,1H3,(H,17,18). The summed E-state index contributed by atoms with van der Waals surface area (Å²) < 4.78 is 0.870. The number of hydrogen-bond donors (Lipinski definition) is 1. The molecule has 1 N–H and O–H groups in total. The van der Waals surface area contributed by atoms with Crippen molar-refractivity contribution in [2.24, 2.45) is 0 Å². The molecule has 1 atom stereocenters. The molecule has 1 aromatic carbocycles. The first-order valence-electron chi connectivity index (χ1n) is 5.49. The maximum Gasteiger partial charge on any atom is 0.254 e. The van der Waals surface area contributed by atoms with Crippen molar-refractivity contribution in [3.05, 3.63) is 55.2 Å². The van der Waals surface area contributed by atoms with Crippen molar-refractivity contribution in [1.29, 1.82) is 0 Å². The molecule has 0 aliphatic rings. The molecule has 0 spiro atoms. The van der Waals surface area contributed by atoms with Gasteiger partial charge in [-0.25, -0.2) is 0 Å². The summed E-state index contributed by atoms with van der Waals surface area (Å²) in [6.07, 6.45) is 0. The number of benzene rings is 1. The predicted molar refractivity (Wildman–Crippen MR) is 81.7 cm³/mol. The molecule has 1 unspecified atom stereocenters. The van der Waals surface area contributed by atoms with Crippen LogP contribution in [0.4, 0.5) is 0 Å². The topological polar surface area (TPSA) is 29.1 Å². The van der Waals surface area contributed by atoms with E-state index in [4.69, 9.17) is 34.8 Å². The number of rotatable bonds is 3. The van der Waals surface area contributed by atoms with Gasteiger partial charge >= 0.3 is 0 Å². The molecule has 2 aromatic rings. The molecule has 0 saturated carbocycles. The Bertz CT molecular complexity index is 612. The normalized spacial score (nSPS) is 12.2. The van der Waals surface area contributed by atoms with Crippen LogP contribution < -0.4 is 5.32 Å². The molecule has 1 heterocycles. The van der Waals surface area contributed by atoms with E-state index in [0.29, 0.717) is 19.3 Å². The van der Waals surface area contributed by atoms with E-state index in [-0.39, 0.29) is 11.9 Å². The number of carbonyl (C=O) groups is 1. The molecule has 0 aliphatic carbocycles. The van der Waals surface area contributed by atoms with Gasteiger partial charge in [0.05, 0.1) is 15.9 Å². The van der Waals surface area contributed by atoms with E-state index in [9.17, 15) is 4.79 Å². The van der Waals surface area contributed by atoms with Gasteiger partial charge in [0.15, 0.2) is 0 Å². The van der Waals surface area contributed by atoms with Crippen molar-refractivity contribution < 1.29 is 4.79 Å². The maximum absolute atomic E-state index is 12.1. The van der Waals surface area contributed by atoms with E-state index in [1.807, 2.05) is 25.1 Å². The van der Waals surface area contributed by atoms with Crippen LogP contribution in [0, 0.1) is 0 Å². The summed E-state index contributed by atoms with van der Waals surface area (Å²) in [5, 5.41) is 3.46. The van der Waals surface area contributed by atoms with Gasteiger partial charge in [-0.15, -0.1) is 11.3 Å².